The van der Waals surface area contributed by atoms with Crippen LogP contribution in [0, 0.1) is 5.41 Å². The van der Waals surface area contributed by atoms with Crippen molar-refractivity contribution < 1.29 is 9.53 Å². The molecule has 0 spiro atoms. The second-order valence-electron chi connectivity index (χ2n) is 5.47. The molecule has 0 aromatic rings. The minimum Gasteiger partial charge on any atom is -0.448 e. The molecular weight excluding hydrogens is 240 g/mol. The van der Waals surface area contributed by atoms with E-state index in [1.807, 2.05) is 20.9 Å². The third-order valence-electron chi connectivity index (χ3n) is 2.64. The lowest BCUT2D eigenvalue weighted by atomic mass is 9.86. The predicted molar refractivity (Wildman–Crippen MR) is 82.5 cm³/mol. The fraction of sp³-hybridized carbons (Fsp3) is 0.933. The van der Waals surface area contributed by atoms with Crippen LogP contribution >= 0.6 is 0 Å². The van der Waals surface area contributed by atoms with Gasteiger partial charge in [-0.3, -0.25) is 0 Å². The van der Waals surface area contributed by atoms with Gasteiger partial charge < -0.3 is 15.0 Å². The molecule has 4 heteroatoms. The van der Waals surface area contributed by atoms with Crippen molar-refractivity contribution in [1.29, 1.82) is 0 Å². The molecule has 1 aliphatic rings. The van der Waals surface area contributed by atoms with E-state index in [9.17, 15) is 4.79 Å². The van der Waals surface area contributed by atoms with Crippen LogP contribution in [0.4, 0.5) is 4.79 Å². The highest BCUT2D eigenvalue weighted by Gasteiger charge is 2.30. The third-order valence-corrected chi connectivity index (χ3v) is 2.64. The van der Waals surface area contributed by atoms with Crippen LogP contribution in [0.5, 0.6) is 0 Å². The van der Waals surface area contributed by atoms with E-state index < -0.39 is 0 Å². The first-order valence-corrected chi connectivity index (χ1v) is 7.45. The van der Waals surface area contributed by atoms with Gasteiger partial charge in [0, 0.05) is 12.6 Å². The van der Waals surface area contributed by atoms with Gasteiger partial charge in [0.15, 0.2) is 0 Å². The second-order valence-corrected chi connectivity index (χ2v) is 5.47. The minimum absolute atomic E-state index is 0.150. The fourth-order valence-corrected chi connectivity index (χ4v) is 1.61. The summed E-state index contributed by atoms with van der Waals surface area (Å²) in [7, 11) is 1.93. The number of amides is 1. The Hall–Kier alpha value is -0.770. The lowest BCUT2D eigenvalue weighted by molar-refractivity contribution is 0.148. The molecule has 116 valence electrons. The van der Waals surface area contributed by atoms with Gasteiger partial charge in [0.25, 0.3) is 0 Å². The Labute approximate surface area is 119 Å². The van der Waals surface area contributed by atoms with E-state index in [1.54, 1.807) is 4.90 Å². The average Bonchev–Trinajstić information content (AvgIpc) is 2.74. The van der Waals surface area contributed by atoms with Gasteiger partial charge in [0.1, 0.15) is 6.61 Å². The Morgan fingerprint density at radius 2 is 1.79 bits per heavy atom. The van der Waals surface area contributed by atoms with Crippen LogP contribution in [0.15, 0.2) is 0 Å². The summed E-state index contributed by atoms with van der Waals surface area (Å²) in [6.45, 7) is 16.7. The number of rotatable bonds is 3. The quantitative estimate of drug-likeness (QED) is 0.856. The highest BCUT2D eigenvalue weighted by Crippen LogP contribution is 2.20. The maximum Gasteiger partial charge on any atom is 0.409 e. The third kappa shape index (κ3) is 8.87. The molecule has 1 atom stereocenters. The van der Waals surface area contributed by atoms with Crippen molar-refractivity contribution in [3.63, 3.8) is 0 Å². The standard InChI is InChI=1S/C10H20N2O2.C3H8.C2H6/c1-10(2,3)8(11-4)7-12-5-6-14-9(12)13;1-3-2;1-2/h8,11H,5-7H2,1-4H3;3H2,1-2H3;1-2H3. The van der Waals surface area contributed by atoms with E-state index in [0.29, 0.717) is 19.2 Å². The van der Waals surface area contributed by atoms with Crippen molar-refractivity contribution >= 4 is 6.09 Å². The summed E-state index contributed by atoms with van der Waals surface area (Å²) in [4.78, 5) is 13.0. The number of nitrogens with zero attached hydrogens (tertiary/aromatic N) is 1. The van der Waals surface area contributed by atoms with Crippen LogP contribution in [0.1, 0.15) is 54.9 Å². The van der Waals surface area contributed by atoms with E-state index in [4.69, 9.17) is 4.74 Å². The molecule has 1 aliphatic heterocycles. The first-order valence-electron chi connectivity index (χ1n) is 7.45. The maximum absolute atomic E-state index is 11.2. The molecule has 0 radical (unpaired) electrons. The van der Waals surface area contributed by atoms with Gasteiger partial charge >= 0.3 is 6.09 Å². The predicted octanol–water partition coefficient (Wildman–Crippen LogP) is 3.52. The molecule has 0 aromatic heterocycles. The molecule has 1 N–H and O–H groups in total. The largest absolute Gasteiger partial charge is 0.448 e. The summed E-state index contributed by atoms with van der Waals surface area (Å²) < 4.78 is 4.88. The Morgan fingerprint density at radius 1 is 1.32 bits per heavy atom. The van der Waals surface area contributed by atoms with Crippen LogP contribution in [-0.4, -0.2) is 43.8 Å². The summed E-state index contributed by atoms with van der Waals surface area (Å²) in [5.74, 6) is 0. The molecule has 1 amide bonds. The fourth-order valence-electron chi connectivity index (χ4n) is 1.61. The van der Waals surface area contributed by atoms with E-state index in [2.05, 4.69) is 39.9 Å². The lowest BCUT2D eigenvalue weighted by Crippen LogP contribution is -2.47. The van der Waals surface area contributed by atoms with Gasteiger partial charge in [0.05, 0.1) is 6.54 Å². The highest BCUT2D eigenvalue weighted by molar-refractivity contribution is 5.69. The molecule has 0 aromatic carbocycles. The van der Waals surface area contributed by atoms with Crippen molar-refractivity contribution in [3.8, 4) is 0 Å². The molecule has 0 bridgehead atoms. The zero-order valence-corrected chi connectivity index (χ0v) is 14.2. The first-order chi connectivity index (χ1) is 8.86. The number of cyclic esters (lactones) is 1. The number of ether oxygens (including phenoxy) is 1. The van der Waals surface area contributed by atoms with Crippen molar-refractivity contribution in [2.24, 2.45) is 5.41 Å². The van der Waals surface area contributed by atoms with E-state index >= 15 is 0 Å². The van der Waals surface area contributed by atoms with Crippen molar-refractivity contribution in [3.05, 3.63) is 0 Å². The van der Waals surface area contributed by atoms with Gasteiger partial charge in [-0.1, -0.05) is 54.9 Å². The second kappa shape index (κ2) is 11.1. The number of nitrogens with one attached hydrogen (secondary N) is 1. The van der Waals surface area contributed by atoms with Gasteiger partial charge in [-0.05, 0) is 12.5 Å². The van der Waals surface area contributed by atoms with Crippen molar-refractivity contribution in [1.82, 2.24) is 10.2 Å². The molecule has 1 heterocycles. The van der Waals surface area contributed by atoms with Gasteiger partial charge in [-0.25, -0.2) is 4.79 Å². The van der Waals surface area contributed by atoms with E-state index in [1.165, 1.54) is 6.42 Å². The minimum atomic E-state index is -0.186. The van der Waals surface area contributed by atoms with Gasteiger partial charge in [0.2, 0.25) is 0 Å². The maximum atomic E-state index is 11.2. The number of hydrogen-bond donors (Lipinski definition) is 1. The Morgan fingerprint density at radius 3 is 2.05 bits per heavy atom. The monoisotopic (exact) mass is 274 g/mol. The summed E-state index contributed by atoms with van der Waals surface area (Å²) in [6.07, 6.45) is 1.06. The van der Waals surface area contributed by atoms with E-state index in [0.717, 1.165) is 6.54 Å². The number of carbonyl (C=O) groups excluding carboxylic acids is 1. The molecular formula is C15H34N2O2. The summed E-state index contributed by atoms with van der Waals surface area (Å²) in [5.41, 5.74) is 0.150. The number of carbonyl (C=O) groups is 1. The Balaban J connectivity index is 0. The number of hydrogen-bond acceptors (Lipinski definition) is 3. The van der Waals surface area contributed by atoms with Crippen LogP contribution < -0.4 is 5.32 Å². The lowest BCUT2D eigenvalue weighted by Gasteiger charge is -2.32. The molecule has 1 fully saturated rings. The summed E-state index contributed by atoms with van der Waals surface area (Å²) >= 11 is 0. The van der Waals surface area contributed by atoms with Crippen LogP contribution in [0.2, 0.25) is 0 Å². The van der Waals surface area contributed by atoms with Crippen LogP contribution in [-0.2, 0) is 4.74 Å². The zero-order chi connectivity index (χ0) is 15.5. The summed E-state index contributed by atoms with van der Waals surface area (Å²) in [6, 6.07) is 0.299. The van der Waals surface area contributed by atoms with Crippen LogP contribution in [0.3, 0.4) is 0 Å². The highest BCUT2D eigenvalue weighted by atomic mass is 16.6. The normalized spacial score (nSPS) is 15.8. The molecule has 1 saturated heterocycles. The van der Waals surface area contributed by atoms with Crippen molar-refractivity contribution in [2.45, 2.75) is 60.9 Å². The smallest absolute Gasteiger partial charge is 0.409 e. The zero-order valence-electron chi connectivity index (χ0n) is 14.2. The summed E-state index contributed by atoms with van der Waals surface area (Å²) in [5, 5.41) is 3.24. The first kappa shape index (κ1) is 20.5. The topological polar surface area (TPSA) is 41.6 Å². The molecule has 0 aliphatic carbocycles. The van der Waals surface area contributed by atoms with E-state index in [-0.39, 0.29) is 11.5 Å². The van der Waals surface area contributed by atoms with Crippen molar-refractivity contribution in [2.75, 3.05) is 26.7 Å². The molecule has 0 saturated carbocycles. The Kier molecular flexibility index (Phi) is 12.0. The molecule has 1 rings (SSSR count). The van der Waals surface area contributed by atoms with Gasteiger partial charge in [-0.2, -0.15) is 0 Å². The SMILES string of the molecule is CC.CCC.CNC(CN1CCOC1=O)C(C)(C)C. The molecule has 4 nitrogen and oxygen atoms in total. The average molecular weight is 274 g/mol. The Bertz CT molecular complexity index is 225. The molecule has 19 heavy (non-hydrogen) atoms. The van der Waals surface area contributed by atoms with Crippen LogP contribution in [0.25, 0.3) is 0 Å². The number of likely N-dealkylation sites (N-methyl/N-ethyl adjacent to an activating group) is 1. The van der Waals surface area contributed by atoms with Gasteiger partial charge in [-0.15, -0.1) is 0 Å². The molecule has 1 unspecified atom stereocenters.